The van der Waals surface area contributed by atoms with E-state index >= 15 is 13.2 Å². The van der Waals surface area contributed by atoms with E-state index in [-0.39, 0.29) is 40.9 Å². The number of nitrogens with zero attached hydrogens (tertiary/aromatic N) is 3. The fraction of sp³-hybridized carbons (Fsp3) is 0.606. The predicted molar refractivity (Wildman–Crippen MR) is 165 cm³/mol. The summed E-state index contributed by atoms with van der Waals surface area (Å²) >= 11 is 0. The van der Waals surface area contributed by atoms with Crippen molar-refractivity contribution in [2.24, 2.45) is 11.8 Å². The van der Waals surface area contributed by atoms with Crippen molar-refractivity contribution in [3.63, 3.8) is 0 Å². The van der Waals surface area contributed by atoms with Crippen molar-refractivity contribution in [1.29, 1.82) is 0 Å². The van der Waals surface area contributed by atoms with E-state index in [2.05, 4.69) is 15.3 Å². The molecule has 0 unspecified atom stereocenters. The number of benzene rings is 1. The van der Waals surface area contributed by atoms with E-state index < -0.39 is 33.2 Å². The Balaban J connectivity index is 1.40. The van der Waals surface area contributed by atoms with Crippen LogP contribution in [0.25, 0.3) is 11.0 Å². The standard InChI is InChI=1S/C33H41F3N4O3S/c1-21-25-8-6-9-28(29(25)34)33(35,36)13-10-23-17-22(18-23)7-4-2-3-5-14-40-31-27(30(39-21)37-20-38-31)19-26(32(40)41)24-11-15-44(42,43)16-12-24/h6,8-9,19-24H,2-5,7,10-18H2,1H3,(H,37,38,39)/t21-,22?,23?/m1/s1. The molecule has 1 N–H and O–H groups in total. The number of aryl methyl sites for hydroxylation is 1. The van der Waals surface area contributed by atoms with Crippen molar-refractivity contribution in [2.75, 3.05) is 16.8 Å². The average Bonchev–Trinajstić information content (AvgIpc) is 2.96. The molecular formula is C33H41F3N4O3S. The second-order valence-electron chi connectivity index (χ2n) is 13.2. The minimum absolute atomic E-state index is 0.0323. The fourth-order valence-electron chi connectivity index (χ4n) is 7.39. The van der Waals surface area contributed by atoms with E-state index in [0.717, 1.165) is 44.9 Å². The first-order valence-corrected chi connectivity index (χ1v) is 17.9. The summed E-state index contributed by atoms with van der Waals surface area (Å²) in [4.78, 5) is 22.8. The monoisotopic (exact) mass is 630 g/mol. The third-order valence-electron chi connectivity index (χ3n) is 10.1. The molecule has 1 atom stereocenters. The van der Waals surface area contributed by atoms with Gasteiger partial charge in [-0.25, -0.2) is 31.6 Å². The highest BCUT2D eigenvalue weighted by atomic mass is 32.2. The second kappa shape index (κ2) is 12.4. The Morgan fingerprint density at radius 1 is 0.955 bits per heavy atom. The first kappa shape index (κ1) is 31.0. The minimum Gasteiger partial charge on any atom is -0.363 e. The van der Waals surface area contributed by atoms with Crippen molar-refractivity contribution < 1.29 is 21.6 Å². The molecule has 0 amide bonds. The van der Waals surface area contributed by atoms with Gasteiger partial charge in [0.1, 0.15) is 33.4 Å². The molecule has 1 aromatic carbocycles. The van der Waals surface area contributed by atoms with Crippen molar-refractivity contribution in [3.8, 4) is 0 Å². The van der Waals surface area contributed by atoms with E-state index in [1.54, 1.807) is 17.6 Å². The molecule has 3 aliphatic heterocycles. The Hall–Kier alpha value is -2.95. The highest BCUT2D eigenvalue weighted by Gasteiger charge is 2.38. The molecule has 3 aromatic rings. The summed E-state index contributed by atoms with van der Waals surface area (Å²) in [5, 5.41) is 3.78. The zero-order valence-electron chi connectivity index (χ0n) is 25.2. The average molecular weight is 631 g/mol. The fourth-order valence-corrected chi connectivity index (χ4v) is 8.88. The molecule has 1 saturated heterocycles. The van der Waals surface area contributed by atoms with Gasteiger partial charge in [-0.15, -0.1) is 0 Å². The lowest BCUT2D eigenvalue weighted by atomic mass is 9.70. The number of hydrogen-bond donors (Lipinski definition) is 1. The minimum atomic E-state index is -3.27. The van der Waals surface area contributed by atoms with Gasteiger partial charge in [-0.1, -0.05) is 43.9 Å². The van der Waals surface area contributed by atoms with Gasteiger partial charge >= 0.3 is 0 Å². The van der Waals surface area contributed by atoms with E-state index in [4.69, 9.17) is 0 Å². The second-order valence-corrected chi connectivity index (χ2v) is 15.5. The SMILES string of the molecule is C[C@H]1Nc2ncnc3c2cc(C2CCS(=O)(=O)CC2)c(=O)n3CCCCCCC2CC(CCC(F)(F)c3cccc1c3F)C2. The summed E-state index contributed by atoms with van der Waals surface area (Å²) < 4.78 is 72.5. The number of anilines is 1. The number of sulfone groups is 1. The molecular weight excluding hydrogens is 589 g/mol. The summed E-state index contributed by atoms with van der Waals surface area (Å²) in [6.45, 7) is 2.17. The molecule has 11 heteroatoms. The van der Waals surface area contributed by atoms with Gasteiger partial charge in [-0.2, -0.15) is 0 Å². The highest BCUT2D eigenvalue weighted by molar-refractivity contribution is 7.91. The van der Waals surface area contributed by atoms with Gasteiger partial charge in [0.2, 0.25) is 0 Å². The normalized spacial score (nSPS) is 26.3. The number of alkyl halides is 2. The Kier molecular flexibility index (Phi) is 8.78. The summed E-state index contributed by atoms with van der Waals surface area (Å²) in [6, 6.07) is 5.19. The summed E-state index contributed by atoms with van der Waals surface area (Å²) in [7, 11) is -3.12. The topological polar surface area (TPSA) is 94.0 Å². The summed E-state index contributed by atoms with van der Waals surface area (Å²) in [6.07, 6.45) is 8.92. The van der Waals surface area contributed by atoms with Crippen LogP contribution in [0.15, 0.2) is 35.4 Å². The maximum Gasteiger partial charge on any atom is 0.276 e. The van der Waals surface area contributed by atoms with Crippen molar-refractivity contribution in [2.45, 2.75) is 102 Å². The smallest absolute Gasteiger partial charge is 0.276 e. The molecule has 2 aromatic heterocycles. The molecule has 0 radical (unpaired) electrons. The molecule has 7 rings (SSSR count). The van der Waals surface area contributed by atoms with E-state index in [1.165, 1.54) is 24.5 Å². The third-order valence-corrected chi connectivity index (χ3v) is 11.8. The maximum atomic E-state index is 15.8. The van der Waals surface area contributed by atoms with Gasteiger partial charge in [0.25, 0.3) is 11.5 Å². The van der Waals surface area contributed by atoms with Crippen LogP contribution < -0.4 is 10.9 Å². The molecule has 238 valence electrons. The number of nitrogens with one attached hydrogen (secondary N) is 1. The van der Waals surface area contributed by atoms with Crippen LogP contribution >= 0.6 is 0 Å². The van der Waals surface area contributed by atoms with Crippen LogP contribution in [-0.2, 0) is 22.3 Å². The summed E-state index contributed by atoms with van der Waals surface area (Å²) in [5.41, 5.74) is 0.331. The van der Waals surface area contributed by atoms with Crippen LogP contribution in [0.1, 0.15) is 106 Å². The van der Waals surface area contributed by atoms with E-state index in [0.29, 0.717) is 54.1 Å². The highest BCUT2D eigenvalue weighted by Crippen LogP contribution is 2.44. The zero-order chi connectivity index (χ0) is 31.1. The van der Waals surface area contributed by atoms with Crippen LogP contribution in [-0.4, -0.2) is 34.5 Å². The first-order chi connectivity index (χ1) is 21.0. The lowest BCUT2D eigenvalue weighted by Gasteiger charge is -2.36. The van der Waals surface area contributed by atoms with Gasteiger partial charge in [0.15, 0.2) is 0 Å². The first-order valence-electron chi connectivity index (χ1n) is 16.0. The van der Waals surface area contributed by atoms with Gasteiger partial charge in [0.05, 0.1) is 28.5 Å². The number of fused-ring (bicyclic) bond motifs is 8. The molecule has 4 aliphatic rings. The lowest BCUT2D eigenvalue weighted by molar-refractivity contribution is -0.0288. The maximum absolute atomic E-state index is 15.8. The molecule has 1 aliphatic carbocycles. The van der Waals surface area contributed by atoms with Crippen molar-refractivity contribution in [3.05, 3.63) is 63.5 Å². The summed E-state index contributed by atoms with van der Waals surface area (Å²) in [5.74, 6) is -3.16. The van der Waals surface area contributed by atoms with Crippen LogP contribution in [0.5, 0.6) is 0 Å². The van der Waals surface area contributed by atoms with Gasteiger partial charge < -0.3 is 5.32 Å². The molecule has 0 spiro atoms. The number of aromatic nitrogens is 3. The van der Waals surface area contributed by atoms with Crippen LogP contribution in [0.2, 0.25) is 0 Å². The van der Waals surface area contributed by atoms with E-state index in [9.17, 15) is 13.2 Å². The Bertz CT molecular complexity index is 1670. The number of pyridine rings is 1. The molecule has 1 saturated carbocycles. The zero-order valence-corrected chi connectivity index (χ0v) is 26.0. The number of rotatable bonds is 1. The van der Waals surface area contributed by atoms with Crippen LogP contribution in [0, 0.1) is 17.7 Å². The molecule has 8 bridgehead atoms. The number of hydrogen-bond acceptors (Lipinski definition) is 6. The molecule has 5 heterocycles. The molecule has 7 nitrogen and oxygen atoms in total. The quantitative estimate of drug-likeness (QED) is 0.304. The Morgan fingerprint density at radius 3 is 2.45 bits per heavy atom. The molecule has 44 heavy (non-hydrogen) atoms. The van der Waals surface area contributed by atoms with Crippen LogP contribution in [0.3, 0.4) is 0 Å². The predicted octanol–water partition coefficient (Wildman–Crippen LogP) is 7.26. The number of halogens is 3. The largest absolute Gasteiger partial charge is 0.363 e. The lowest BCUT2D eigenvalue weighted by Crippen LogP contribution is -2.30. The van der Waals surface area contributed by atoms with Gasteiger partial charge in [-0.05, 0) is 69.3 Å². The Morgan fingerprint density at radius 2 is 1.68 bits per heavy atom. The van der Waals surface area contributed by atoms with Gasteiger partial charge in [-0.3, -0.25) is 9.36 Å². The molecule has 2 fully saturated rings. The van der Waals surface area contributed by atoms with Crippen molar-refractivity contribution in [1.82, 2.24) is 14.5 Å². The van der Waals surface area contributed by atoms with Gasteiger partial charge in [0, 0.05) is 24.1 Å². The van der Waals surface area contributed by atoms with Crippen molar-refractivity contribution >= 4 is 26.7 Å². The third kappa shape index (κ3) is 6.39. The van der Waals surface area contributed by atoms with E-state index in [1.807, 2.05) is 0 Å². The van der Waals surface area contributed by atoms with Crippen LogP contribution in [0.4, 0.5) is 19.0 Å². The Labute approximate surface area is 256 Å².